The van der Waals surface area contributed by atoms with Crippen molar-refractivity contribution in [3.8, 4) is 0 Å². The molecule has 1 saturated carbocycles. The third-order valence-electron chi connectivity index (χ3n) is 6.92. The van der Waals surface area contributed by atoms with Crippen LogP contribution in [0.25, 0.3) is 0 Å². The Morgan fingerprint density at radius 3 is 2.50 bits per heavy atom. The van der Waals surface area contributed by atoms with Crippen molar-refractivity contribution in [2.24, 2.45) is 7.05 Å². The maximum atomic E-state index is 13.8. The van der Waals surface area contributed by atoms with Crippen molar-refractivity contribution < 1.29 is 13.2 Å². The predicted octanol–water partition coefficient (Wildman–Crippen LogP) is 2.92. The summed E-state index contributed by atoms with van der Waals surface area (Å²) < 4.78 is 28.1. The Morgan fingerprint density at radius 2 is 1.87 bits per heavy atom. The van der Waals surface area contributed by atoms with E-state index in [1.807, 2.05) is 31.5 Å². The number of hydrogen-bond acceptors (Lipinski definition) is 5. The topological polar surface area (TPSA) is 85.2 Å². The van der Waals surface area contributed by atoms with Gasteiger partial charge in [0.15, 0.2) is 14.6 Å². The Bertz CT molecular complexity index is 1050. The van der Waals surface area contributed by atoms with Crippen molar-refractivity contribution in [1.82, 2.24) is 19.7 Å². The number of hydrogen-bond donors (Lipinski definition) is 0. The molecule has 0 bridgehead atoms. The number of piperidine rings is 1. The number of aryl methyl sites for hydroxylation is 3. The van der Waals surface area contributed by atoms with E-state index >= 15 is 0 Å². The molecule has 2 aliphatic rings. The second kappa shape index (κ2) is 7.80. The molecule has 1 saturated heterocycles. The molecule has 1 aromatic heterocycles. The summed E-state index contributed by atoms with van der Waals surface area (Å²) in [5.41, 5.74) is 1.97. The number of sulfone groups is 1. The van der Waals surface area contributed by atoms with Gasteiger partial charge in [0, 0.05) is 26.1 Å². The number of nitrogens with zero attached hydrogens (tertiary/aromatic N) is 4. The highest BCUT2D eigenvalue weighted by atomic mass is 32.2. The van der Waals surface area contributed by atoms with Gasteiger partial charge in [-0.25, -0.2) is 8.42 Å². The molecule has 1 aromatic carbocycles. The van der Waals surface area contributed by atoms with Gasteiger partial charge in [-0.15, -0.1) is 10.2 Å². The normalized spacial score (nSPS) is 21.7. The highest BCUT2D eigenvalue weighted by Gasteiger charge is 2.55. The van der Waals surface area contributed by atoms with Crippen molar-refractivity contribution in [3.63, 3.8) is 0 Å². The summed E-state index contributed by atoms with van der Waals surface area (Å²) in [7, 11) is -1.89. The van der Waals surface area contributed by atoms with Gasteiger partial charge < -0.3 is 9.47 Å². The van der Waals surface area contributed by atoms with E-state index in [1.165, 1.54) is 0 Å². The second-order valence-electron chi connectivity index (χ2n) is 8.84. The first-order valence-electron chi connectivity index (χ1n) is 10.7. The summed E-state index contributed by atoms with van der Waals surface area (Å²) >= 11 is 0. The number of carbonyl (C=O) groups excluding carboxylic acids is 1. The Labute approximate surface area is 178 Å². The first-order chi connectivity index (χ1) is 14.3. The van der Waals surface area contributed by atoms with Crippen LogP contribution in [0.3, 0.4) is 0 Å². The third-order valence-corrected chi connectivity index (χ3v) is 9.41. The molecule has 7 nitrogen and oxygen atoms in total. The second-order valence-corrected chi connectivity index (χ2v) is 11.1. The van der Waals surface area contributed by atoms with Crippen LogP contribution in [0.15, 0.2) is 29.4 Å². The highest BCUT2D eigenvalue weighted by molar-refractivity contribution is 7.93. The summed E-state index contributed by atoms with van der Waals surface area (Å²) in [5, 5.41) is 8.18. The molecule has 1 amide bonds. The maximum absolute atomic E-state index is 13.8. The van der Waals surface area contributed by atoms with Crippen LogP contribution in [0, 0.1) is 13.8 Å². The van der Waals surface area contributed by atoms with E-state index in [1.54, 1.807) is 23.4 Å². The van der Waals surface area contributed by atoms with Crippen LogP contribution < -0.4 is 0 Å². The fourth-order valence-corrected chi connectivity index (χ4v) is 7.19. The quantitative estimate of drug-likeness (QED) is 0.745. The molecular formula is C22H30N4O3S. The molecule has 4 rings (SSSR count). The molecule has 2 heterocycles. The van der Waals surface area contributed by atoms with Crippen LogP contribution in [0.1, 0.15) is 61.4 Å². The summed E-state index contributed by atoms with van der Waals surface area (Å²) in [5.74, 6) is 0.702. The van der Waals surface area contributed by atoms with Crippen molar-refractivity contribution in [2.75, 3.05) is 13.1 Å². The highest BCUT2D eigenvalue weighted by Crippen LogP contribution is 2.43. The summed E-state index contributed by atoms with van der Waals surface area (Å²) in [6.45, 7) is 4.96. The Kier molecular flexibility index (Phi) is 5.46. The zero-order chi connectivity index (χ0) is 21.5. The molecule has 0 N–H and O–H groups in total. The molecule has 1 atom stereocenters. The minimum Gasteiger partial charge on any atom is -0.341 e. The molecule has 1 unspecified atom stereocenters. The van der Waals surface area contributed by atoms with Crippen LogP contribution in [-0.2, 0) is 21.7 Å². The van der Waals surface area contributed by atoms with Crippen molar-refractivity contribution in [1.29, 1.82) is 0 Å². The van der Waals surface area contributed by atoms with Gasteiger partial charge in [-0.3, -0.25) is 4.79 Å². The van der Waals surface area contributed by atoms with Gasteiger partial charge in [-0.2, -0.15) is 0 Å². The largest absolute Gasteiger partial charge is 0.341 e. The monoisotopic (exact) mass is 430 g/mol. The lowest BCUT2D eigenvalue weighted by molar-refractivity contribution is -0.135. The minimum atomic E-state index is -3.79. The van der Waals surface area contributed by atoms with Gasteiger partial charge in [0.05, 0.1) is 4.90 Å². The fourth-order valence-electron chi connectivity index (χ4n) is 4.97. The molecule has 2 fully saturated rings. The van der Waals surface area contributed by atoms with Crippen molar-refractivity contribution in [2.45, 2.75) is 67.9 Å². The summed E-state index contributed by atoms with van der Waals surface area (Å²) in [4.78, 5) is 15.8. The Morgan fingerprint density at radius 1 is 1.13 bits per heavy atom. The van der Waals surface area contributed by atoms with Gasteiger partial charge in [0.2, 0.25) is 5.91 Å². The van der Waals surface area contributed by atoms with Gasteiger partial charge in [-0.1, -0.05) is 18.9 Å². The number of amides is 1. The molecule has 8 heteroatoms. The van der Waals surface area contributed by atoms with Crippen LogP contribution >= 0.6 is 0 Å². The molecule has 0 spiro atoms. The molecule has 2 aromatic rings. The average molecular weight is 431 g/mol. The lowest BCUT2D eigenvalue weighted by Gasteiger charge is -2.38. The zero-order valence-corrected chi connectivity index (χ0v) is 18.8. The van der Waals surface area contributed by atoms with Crippen LogP contribution in [0.5, 0.6) is 0 Å². The molecular weight excluding hydrogens is 400 g/mol. The third kappa shape index (κ3) is 3.35. The molecule has 162 valence electrons. The fraction of sp³-hybridized carbons (Fsp3) is 0.591. The molecule has 1 aliphatic carbocycles. The van der Waals surface area contributed by atoms with Crippen LogP contribution in [-0.4, -0.2) is 51.8 Å². The lowest BCUT2D eigenvalue weighted by atomic mass is 9.95. The Balaban J connectivity index is 1.67. The van der Waals surface area contributed by atoms with E-state index in [4.69, 9.17) is 0 Å². The predicted molar refractivity (Wildman–Crippen MR) is 114 cm³/mol. The van der Waals surface area contributed by atoms with E-state index in [9.17, 15) is 13.2 Å². The zero-order valence-electron chi connectivity index (χ0n) is 18.0. The minimum absolute atomic E-state index is 0.0815. The SMILES string of the molecule is Cc1ccc(S(=O)(=O)C2(C(=O)N3CCCC(c4nncn4C)C3)CCCC2)cc1C. The number of likely N-dealkylation sites (tertiary alicyclic amines) is 1. The van der Waals surface area contributed by atoms with Gasteiger partial charge in [0.1, 0.15) is 12.2 Å². The summed E-state index contributed by atoms with van der Waals surface area (Å²) in [6, 6.07) is 5.21. The molecule has 30 heavy (non-hydrogen) atoms. The number of aromatic nitrogens is 3. The maximum Gasteiger partial charge on any atom is 0.244 e. The van der Waals surface area contributed by atoms with Crippen LogP contribution in [0.2, 0.25) is 0 Å². The van der Waals surface area contributed by atoms with E-state index in [0.717, 1.165) is 42.6 Å². The number of rotatable bonds is 4. The first kappa shape index (κ1) is 21.0. The van der Waals surface area contributed by atoms with Gasteiger partial charge in [-0.05, 0) is 62.8 Å². The van der Waals surface area contributed by atoms with E-state index in [-0.39, 0.29) is 16.7 Å². The Hall–Kier alpha value is -2.22. The average Bonchev–Trinajstić information content (AvgIpc) is 3.39. The van der Waals surface area contributed by atoms with E-state index < -0.39 is 14.6 Å². The van der Waals surface area contributed by atoms with Crippen molar-refractivity contribution in [3.05, 3.63) is 41.5 Å². The van der Waals surface area contributed by atoms with Crippen molar-refractivity contribution >= 4 is 15.7 Å². The lowest BCUT2D eigenvalue weighted by Crippen LogP contribution is -2.54. The standard InChI is InChI=1S/C22H30N4O3S/c1-16-8-9-19(13-17(16)2)30(28,29)22(10-4-5-11-22)21(27)26-12-6-7-18(14-26)20-24-23-15-25(20)3/h8-9,13,15,18H,4-7,10-12,14H2,1-3H3. The first-order valence-corrected chi connectivity index (χ1v) is 12.2. The smallest absolute Gasteiger partial charge is 0.244 e. The van der Waals surface area contributed by atoms with Gasteiger partial charge >= 0.3 is 0 Å². The summed E-state index contributed by atoms with van der Waals surface area (Å²) in [6.07, 6.45) is 5.74. The molecule has 1 aliphatic heterocycles. The van der Waals surface area contributed by atoms with E-state index in [0.29, 0.717) is 25.9 Å². The van der Waals surface area contributed by atoms with Gasteiger partial charge in [0.25, 0.3) is 0 Å². The molecule has 0 radical (unpaired) electrons. The van der Waals surface area contributed by atoms with Crippen LogP contribution in [0.4, 0.5) is 0 Å². The number of carbonyl (C=O) groups is 1. The number of benzene rings is 1. The van der Waals surface area contributed by atoms with E-state index in [2.05, 4.69) is 10.2 Å².